The quantitative estimate of drug-likeness (QED) is 0.466. The van der Waals surface area contributed by atoms with E-state index in [-0.39, 0.29) is 5.11 Å². The second-order valence-corrected chi connectivity index (χ2v) is 6.84. The maximum absolute atomic E-state index is 13.0. The molecule has 0 bridgehead atoms. The van der Waals surface area contributed by atoms with Crippen molar-refractivity contribution in [3.05, 3.63) is 83.7 Å². The average molecular weight is 405 g/mol. The molecule has 1 heterocycles. The van der Waals surface area contributed by atoms with E-state index in [4.69, 9.17) is 16.6 Å². The number of benzene rings is 3. The number of aromatic nitrogens is 1. The van der Waals surface area contributed by atoms with E-state index in [2.05, 4.69) is 15.6 Å². The van der Waals surface area contributed by atoms with Crippen LogP contribution in [0.2, 0.25) is 0 Å². The summed E-state index contributed by atoms with van der Waals surface area (Å²) in [6.07, 6.45) is 0. The molecule has 5 nitrogen and oxygen atoms in total. The predicted molar refractivity (Wildman–Crippen MR) is 114 cm³/mol. The lowest BCUT2D eigenvalue weighted by atomic mass is 10.1. The first kappa shape index (κ1) is 18.8. The highest BCUT2D eigenvalue weighted by Crippen LogP contribution is 2.28. The minimum absolute atomic E-state index is 0.126. The topological polar surface area (TPSA) is 67.2 Å². The lowest BCUT2D eigenvalue weighted by Gasteiger charge is -2.09. The van der Waals surface area contributed by atoms with E-state index in [1.54, 1.807) is 18.2 Å². The van der Waals surface area contributed by atoms with Gasteiger partial charge in [-0.2, -0.15) is 0 Å². The number of thiocarbonyl (C=S) groups is 1. The molecule has 0 aliphatic heterocycles. The molecule has 0 aliphatic rings. The van der Waals surface area contributed by atoms with E-state index in [9.17, 15) is 9.18 Å². The summed E-state index contributed by atoms with van der Waals surface area (Å²) in [7, 11) is 0. The van der Waals surface area contributed by atoms with Crippen molar-refractivity contribution in [2.75, 3.05) is 5.32 Å². The van der Waals surface area contributed by atoms with Crippen LogP contribution in [0.5, 0.6) is 0 Å². The summed E-state index contributed by atoms with van der Waals surface area (Å²) in [5.41, 5.74) is 4.29. The zero-order chi connectivity index (χ0) is 20.4. The zero-order valence-corrected chi connectivity index (χ0v) is 16.2. The Hall–Kier alpha value is -3.58. The highest BCUT2D eigenvalue weighted by atomic mass is 32.1. The molecule has 144 valence electrons. The zero-order valence-electron chi connectivity index (χ0n) is 15.4. The number of fused-ring (bicyclic) bond motifs is 1. The smallest absolute Gasteiger partial charge is 0.257 e. The molecule has 0 radical (unpaired) electrons. The molecule has 29 heavy (non-hydrogen) atoms. The van der Waals surface area contributed by atoms with Gasteiger partial charge < -0.3 is 9.73 Å². The van der Waals surface area contributed by atoms with Crippen LogP contribution in [0.25, 0.3) is 22.6 Å². The monoisotopic (exact) mass is 405 g/mol. The van der Waals surface area contributed by atoms with E-state index < -0.39 is 11.7 Å². The van der Waals surface area contributed by atoms with Gasteiger partial charge in [-0.1, -0.05) is 18.2 Å². The molecular formula is C22H16FN3O2S. The lowest BCUT2D eigenvalue weighted by Crippen LogP contribution is -2.34. The second kappa shape index (κ2) is 7.81. The van der Waals surface area contributed by atoms with Gasteiger partial charge in [-0.05, 0) is 73.2 Å². The number of carbonyl (C=O) groups is 1. The predicted octanol–water partition coefficient (Wildman–Crippen LogP) is 5.07. The van der Waals surface area contributed by atoms with Gasteiger partial charge in [-0.25, -0.2) is 9.37 Å². The Morgan fingerprint density at radius 1 is 1.07 bits per heavy atom. The number of rotatable bonds is 3. The number of aryl methyl sites for hydroxylation is 1. The van der Waals surface area contributed by atoms with Crippen LogP contribution >= 0.6 is 12.2 Å². The third kappa shape index (κ3) is 4.14. The Balaban J connectivity index is 1.49. The molecule has 2 N–H and O–H groups in total. The molecule has 0 fully saturated rings. The fourth-order valence-electron chi connectivity index (χ4n) is 2.87. The van der Waals surface area contributed by atoms with E-state index in [1.165, 1.54) is 24.3 Å². The molecule has 4 rings (SSSR count). The van der Waals surface area contributed by atoms with Gasteiger partial charge >= 0.3 is 0 Å². The molecular weight excluding hydrogens is 389 g/mol. The largest absolute Gasteiger partial charge is 0.436 e. The summed E-state index contributed by atoms with van der Waals surface area (Å²) >= 11 is 5.20. The van der Waals surface area contributed by atoms with E-state index in [0.717, 1.165) is 11.1 Å². The molecule has 0 saturated heterocycles. The van der Waals surface area contributed by atoms with Gasteiger partial charge in [0.1, 0.15) is 11.3 Å². The van der Waals surface area contributed by atoms with Gasteiger partial charge in [0.2, 0.25) is 5.89 Å². The number of oxazole rings is 1. The first-order valence-corrected chi connectivity index (χ1v) is 9.25. The molecule has 3 aromatic carbocycles. The maximum Gasteiger partial charge on any atom is 0.257 e. The van der Waals surface area contributed by atoms with Crippen LogP contribution in [0.4, 0.5) is 10.1 Å². The van der Waals surface area contributed by atoms with Crippen molar-refractivity contribution < 1.29 is 13.6 Å². The lowest BCUT2D eigenvalue weighted by molar-refractivity contribution is 0.0977. The maximum atomic E-state index is 13.0. The van der Waals surface area contributed by atoms with Crippen LogP contribution in [-0.4, -0.2) is 16.0 Å². The summed E-state index contributed by atoms with van der Waals surface area (Å²) in [5.74, 6) is -0.289. The van der Waals surface area contributed by atoms with E-state index >= 15 is 0 Å². The molecule has 1 amide bonds. The highest BCUT2D eigenvalue weighted by Gasteiger charge is 2.12. The Morgan fingerprint density at radius 3 is 2.59 bits per heavy atom. The molecule has 7 heteroatoms. The van der Waals surface area contributed by atoms with Crippen LogP contribution in [0, 0.1) is 12.7 Å². The van der Waals surface area contributed by atoms with Crippen LogP contribution in [0.1, 0.15) is 15.9 Å². The van der Waals surface area contributed by atoms with Crippen molar-refractivity contribution in [3.63, 3.8) is 0 Å². The first-order chi connectivity index (χ1) is 14.0. The summed E-state index contributed by atoms with van der Waals surface area (Å²) in [6.45, 7) is 2.00. The third-order valence-electron chi connectivity index (χ3n) is 4.35. The number of hydrogen-bond acceptors (Lipinski definition) is 4. The minimum Gasteiger partial charge on any atom is -0.436 e. The number of amides is 1. The highest BCUT2D eigenvalue weighted by molar-refractivity contribution is 7.80. The van der Waals surface area contributed by atoms with Crippen molar-refractivity contribution in [3.8, 4) is 11.5 Å². The Kier molecular flexibility index (Phi) is 5.05. The third-order valence-corrected chi connectivity index (χ3v) is 4.56. The minimum atomic E-state index is -0.424. The molecule has 4 aromatic rings. The summed E-state index contributed by atoms with van der Waals surface area (Å²) in [6, 6.07) is 18.4. The van der Waals surface area contributed by atoms with Gasteiger partial charge in [-0.3, -0.25) is 10.1 Å². The fourth-order valence-corrected chi connectivity index (χ4v) is 3.08. The number of halogens is 1. The SMILES string of the molecule is Cc1ccccc1-c1nc2cc(NC(=S)NC(=O)c3ccc(F)cc3)ccc2o1. The number of anilines is 1. The van der Waals surface area contributed by atoms with Gasteiger partial charge in [0.15, 0.2) is 10.7 Å². The van der Waals surface area contributed by atoms with Gasteiger partial charge in [-0.15, -0.1) is 0 Å². The van der Waals surface area contributed by atoms with Crippen molar-refractivity contribution in [1.82, 2.24) is 10.3 Å². The van der Waals surface area contributed by atoms with E-state index in [1.807, 2.05) is 31.2 Å². The van der Waals surface area contributed by atoms with Crippen molar-refractivity contribution in [2.24, 2.45) is 0 Å². The standard InChI is InChI=1S/C22H16FN3O2S/c1-13-4-2-3-5-17(13)21-25-18-12-16(10-11-19(18)28-21)24-22(29)26-20(27)14-6-8-15(23)9-7-14/h2-12H,1H3,(H2,24,26,27,29). The Bertz CT molecular complexity index is 1220. The second-order valence-electron chi connectivity index (χ2n) is 6.43. The molecule has 1 aromatic heterocycles. The molecule has 0 aliphatic carbocycles. The molecule has 0 atom stereocenters. The Labute approximate surface area is 171 Å². The molecule has 0 spiro atoms. The first-order valence-electron chi connectivity index (χ1n) is 8.84. The van der Waals surface area contributed by atoms with E-state index in [0.29, 0.717) is 28.2 Å². The van der Waals surface area contributed by atoms with Crippen molar-refractivity contribution in [1.29, 1.82) is 0 Å². The van der Waals surface area contributed by atoms with Crippen molar-refractivity contribution in [2.45, 2.75) is 6.92 Å². The van der Waals surface area contributed by atoms with Crippen LogP contribution in [-0.2, 0) is 0 Å². The summed E-state index contributed by atoms with van der Waals surface area (Å²) in [5, 5.41) is 5.64. The number of nitrogens with one attached hydrogen (secondary N) is 2. The van der Waals surface area contributed by atoms with Crippen LogP contribution < -0.4 is 10.6 Å². The van der Waals surface area contributed by atoms with Gasteiger partial charge in [0.25, 0.3) is 5.91 Å². The number of hydrogen-bond donors (Lipinski definition) is 2. The van der Waals surface area contributed by atoms with Crippen LogP contribution in [0.3, 0.4) is 0 Å². The summed E-state index contributed by atoms with van der Waals surface area (Å²) in [4.78, 5) is 16.7. The normalized spacial score (nSPS) is 10.7. The molecule has 0 unspecified atom stereocenters. The van der Waals surface area contributed by atoms with Gasteiger partial charge in [0, 0.05) is 16.8 Å². The fraction of sp³-hybridized carbons (Fsp3) is 0.0455. The van der Waals surface area contributed by atoms with Crippen molar-refractivity contribution >= 4 is 40.0 Å². The van der Waals surface area contributed by atoms with Crippen LogP contribution in [0.15, 0.2) is 71.1 Å². The molecule has 0 saturated carbocycles. The summed E-state index contributed by atoms with van der Waals surface area (Å²) < 4.78 is 18.8. The number of carbonyl (C=O) groups excluding carboxylic acids is 1. The number of nitrogens with zero attached hydrogens (tertiary/aromatic N) is 1. The Morgan fingerprint density at radius 2 is 1.83 bits per heavy atom. The average Bonchev–Trinajstić information content (AvgIpc) is 3.11. The van der Waals surface area contributed by atoms with Gasteiger partial charge in [0.05, 0.1) is 0 Å².